The Morgan fingerprint density at radius 2 is 2.12 bits per heavy atom. The van der Waals surface area contributed by atoms with E-state index in [1.54, 1.807) is 18.7 Å². The monoisotopic (exact) mass is 246 g/mol. The molecule has 5 heteroatoms. The van der Waals surface area contributed by atoms with Crippen LogP contribution in [0.5, 0.6) is 0 Å². The van der Waals surface area contributed by atoms with Gasteiger partial charge in [0.25, 0.3) is 0 Å². The van der Waals surface area contributed by atoms with Gasteiger partial charge in [-0.2, -0.15) is 0 Å². The van der Waals surface area contributed by atoms with Crippen LogP contribution in [0.25, 0.3) is 0 Å². The average Bonchev–Trinajstić information content (AvgIpc) is 2.28. The van der Waals surface area contributed by atoms with Gasteiger partial charge in [0.15, 0.2) is 0 Å². The molecule has 0 fully saturated rings. The Morgan fingerprint density at radius 3 is 2.75 bits per heavy atom. The van der Waals surface area contributed by atoms with Crippen molar-refractivity contribution in [2.45, 2.75) is 45.6 Å². The Kier molecular flexibility index (Phi) is 10.3. The number of nitrogens with one attached hydrogen (secondary N) is 2. The lowest BCUT2D eigenvalue weighted by Gasteiger charge is -2.10. The minimum absolute atomic E-state index is 0.131. The topological polar surface area (TPSA) is 58.2 Å². The molecule has 1 atom stereocenters. The second-order valence-electron chi connectivity index (χ2n) is 3.66. The predicted octanol–water partition coefficient (Wildman–Crippen LogP) is 1.51. The fourth-order valence-electron chi connectivity index (χ4n) is 1.16. The molecule has 0 rings (SSSR count). The van der Waals surface area contributed by atoms with E-state index in [1.807, 2.05) is 0 Å². The van der Waals surface area contributed by atoms with Gasteiger partial charge in [0.2, 0.25) is 12.3 Å². The van der Waals surface area contributed by atoms with Crippen LogP contribution in [-0.4, -0.2) is 30.0 Å². The third-order valence-corrected chi connectivity index (χ3v) is 3.13. The largest absolute Gasteiger partial charge is 0.347 e. The van der Waals surface area contributed by atoms with E-state index in [0.29, 0.717) is 12.3 Å². The van der Waals surface area contributed by atoms with Gasteiger partial charge in [-0.15, -0.1) is 11.8 Å². The third kappa shape index (κ3) is 8.59. The number of thioether (sulfide) groups is 1. The highest BCUT2D eigenvalue weighted by atomic mass is 32.2. The van der Waals surface area contributed by atoms with E-state index >= 15 is 0 Å². The summed E-state index contributed by atoms with van der Waals surface area (Å²) in [4.78, 5) is 21.4. The first-order valence-corrected chi connectivity index (χ1v) is 6.93. The van der Waals surface area contributed by atoms with Crippen LogP contribution in [0.2, 0.25) is 0 Å². The Labute approximate surface area is 102 Å². The summed E-state index contributed by atoms with van der Waals surface area (Å²) < 4.78 is 0. The molecule has 0 saturated carbocycles. The number of rotatable bonds is 10. The van der Waals surface area contributed by atoms with Gasteiger partial charge in [0.1, 0.15) is 6.04 Å². The first-order valence-electron chi connectivity index (χ1n) is 5.77. The number of amides is 2. The van der Waals surface area contributed by atoms with Crippen LogP contribution in [0, 0.1) is 0 Å². The third-order valence-electron chi connectivity index (χ3n) is 2.20. The van der Waals surface area contributed by atoms with Gasteiger partial charge >= 0.3 is 0 Å². The quantitative estimate of drug-likeness (QED) is 0.349. The molecular weight excluding hydrogens is 224 g/mol. The predicted molar refractivity (Wildman–Crippen MR) is 68.3 cm³/mol. The molecule has 94 valence electrons. The summed E-state index contributed by atoms with van der Waals surface area (Å²) in [6.07, 6.45) is 5.54. The first-order chi connectivity index (χ1) is 7.72. The first kappa shape index (κ1) is 15.3. The van der Waals surface area contributed by atoms with E-state index < -0.39 is 6.04 Å². The Hall–Kier alpha value is -0.710. The van der Waals surface area contributed by atoms with Gasteiger partial charge in [0.05, 0.1) is 5.88 Å². The molecule has 0 aromatic heterocycles. The van der Waals surface area contributed by atoms with Crippen molar-refractivity contribution in [3.63, 3.8) is 0 Å². The SMILES string of the molecule is CCCCCCSCNC(=O)C(C)NC=O. The second-order valence-corrected chi connectivity index (χ2v) is 4.77. The van der Waals surface area contributed by atoms with E-state index in [9.17, 15) is 9.59 Å². The van der Waals surface area contributed by atoms with Crippen molar-refractivity contribution in [2.24, 2.45) is 0 Å². The molecule has 0 heterocycles. The fourth-order valence-corrected chi connectivity index (χ4v) is 1.95. The minimum Gasteiger partial charge on any atom is -0.347 e. The number of hydrogen-bond acceptors (Lipinski definition) is 3. The molecule has 0 aromatic carbocycles. The molecule has 0 aromatic rings. The highest BCUT2D eigenvalue weighted by Gasteiger charge is 2.09. The summed E-state index contributed by atoms with van der Waals surface area (Å²) in [5, 5.41) is 5.17. The molecule has 0 aliphatic rings. The molecule has 0 spiro atoms. The van der Waals surface area contributed by atoms with E-state index in [1.165, 1.54) is 25.7 Å². The molecule has 16 heavy (non-hydrogen) atoms. The van der Waals surface area contributed by atoms with Gasteiger partial charge in [0, 0.05) is 0 Å². The van der Waals surface area contributed by atoms with Crippen LogP contribution in [0.4, 0.5) is 0 Å². The highest BCUT2D eigenvalue weighted by Crippen LogP contribution is 2.05. The van der Waals surface area contributed by atoms with Gasteiger partial charge in [-0.3, -0.25) is 9.59 Å². The number of carbonyl (C=O) groups is 2. The molecular formula is C11H22N2O2S. The standard InChI is InChI=1S/C11H22N2O2S/c1-3-4-5-6-7-16-9-13-11(15)10(2)12-8-14/h8,10H,3-7,9H2,1-2H3,(H,12,14)(H,13,15). The van der Waals surface area contributed by atoms with Crippen LogP contribution in [-0.2, 0) is 9.59 Å². The number of unbranched alkanes of at least 4 members (excludes halogenated alkanes) is 3. The van der Waals surface area contributed by atoms with Gasteiger partial charge in [-0.05, 0) is 19.1 Å². The van der Waals surface area contributed by atoms with Crippen molar-refractivity contribution in [2.75, 3.05) is 11.6 Å². The molecule has 0 aliphatic carbocycles. The lowest BCUT2D eigenvalue weighted by Crippen LogP contribution is -2.41. The molecule has 4 nitrogen and oxygen atoms in total. The highest BCUT2D eigenvalue weighted by molar-refractivity contribution is 7.99. The van der Waals surface area contributed by atoms with Crippen LogP contribution in [0.3, 0.4) is 0 Å². The Bertz CT molecular complexity index is 200. The van der Waals surface area contributed by atoms with Gasteiger partial charge < -0.3 is 10.6 Å². The van der Waals surface area contributed by atoms with Crippen molar-refractivity contribution >= 4 is 24.1 Å². The zero-order valence-corrected chi connectivity index (χ0v) is 10.9. The zero-order chi connectivity index (χ0) is 12.2. The summed E-state index contributed by atoms with van der Waals surface area (Å²) in [6, 6.07) is -0.446. The average molecular weight is 246 g/mol. The maximum Gasteiger partial charge on any atom is 0.242 e. The normalized spacial score (nSPS) is 11.9. The summed E-state index contributed by atoms with van der Waals surface area (Å²) in [5.74, 6) is 1.57. The van der Waals surface area contributed by atoms with Crippen molar-refractivity contribution in [3.05, 3.63) is 0 Å². The molecule has 0 bridgehead atoms. The molecule has 0 saturated heterocycles. The summed E-state index contributed by atoms with van der Waals surface area (Å²) >= 11 is 1.72. The second kappa shape index (κ2) is 10.8. The zero-order valence-electron chi connectivity index (χ0n) is 10.1. The maximum atomic E-state index is 11.3. The summed E-state index contributed by atoms with van der Waals surface area (Å²) in [5.41, 5.74) is 0. The van der Waals surface area contributed by atoms with Gasteiger partial charge in [-0.25, -0.2) is 0 Å². The van der Waals surface area contributed by atoms with Crippen LogP contribution < -0.4 is 10.6 Å². The van der Waals surface area contributed by atoms with Crippen molar-refractivity contribution in [3.8, 4) is 0 Å². The van der Waals surface area contributed by atoms with Crippen molar-refractivity contribution < 1.29 is 9.59 Å². The Morgan fingerprint density at radius 1 is 1.38 bits per heavy atom. The van der Waals surface area contributed by atoms with E-state index in [2.05, 4.69) is 17.6 Å². The lowest BCUT2D eigenvalue weighted by molar-refractivity contribution is -0.124. The van der Waals surface area contributed by atoms with Crippen molar-refractivity contribution in [1.29, 1.82) is 0 Å². The molecule has 2 N–H and O–H groups in total. The Balaban J connectivity index is 3.30. The number of carbonyl (C=O) groups excluding carboxylic acids is 2. The lowest BCUT2D eigenvalue weighted by atomic mass is 10.2. The molecule has 2 amide bonds. The molecule has 0 aliphatic heterocycles. The molecule has 0 radical (unpaired) electrons. The van der Waals surface area contributed by atoms with Crippen LogP contribution in [0.1, 0.15) is 39.5 Å². The van der Waals surface area contributed by atoms with E-state index in [0.717, 1.165) is 5.75 Å². The fraction of sp³-hybridized carbons (Fsp3) is 0.818. The van der Waals surface area contributed by atoms with E-state index in [-0.39, 0.29) is 5.91 Å². The van der Waals surface area contributed by atoms with Gasteiger partial charge in [-0.1, -0.05) is 26.2 Å². The maximum absolute atomic E-state index is 11.3. The minimum atomic E-state index is -0.446. The van der Waals surface area contributed by atoms with Crippen molar-refractivity contribution in [1.82, 2.24) is 10.6 Å². The van der Waals surface area contributed by atoms with E-state index in [4.69, 9.17) is 0 Å². The summed E-state index contributed by atoms with van der Waals surface area (Å²) in [7, 11) is 0. The van der Waals surface area contributed by atoms with Crippen LogP contribution in [0.15, 0.2) is 0 Å². The number of hydrogen-bond donors (Lipinski definition) is 2. The molecule has 1 unspecified atom stereocenters. The van der Waals surface area contributed by atoms with Crippen LogP contribution >= 0.6 is 11.8 Å². The smallest absolute Gasteiger partial charge is 0.242 e. The summed E-state index contributed by atoms with van der Waals surface area (Å²) in [6.45, 7) is 3.85.